The molecule has 0 saturated carbocycles. The average Bonchev–Trinajstić information content (AvgIpc) is 2.78. The van der Waals surface area contributed by atoms with Gasteiger partial charge in [-0.2, -0.15) is 0 Å². The van der Waals surface area contributed by atoms with Gasteiger partial charge in [-0.3, -0.25) is 4.79 Å². The summed E-state index contributed by atoms with van der Waals surface area (Å²) in [6.07, 6.45) is 0.361. The van der Waals surface area contributed by atoms with E-state index in [1.54, 1.807) is 35.7 Å². The number of rotatable bonds is 9. The Morgan fingerprint density at radius 1 is 0.871 bits per heavy atom. The fourth-order valence-electron chi connectivity index (χ4n) is 2.58. The molecule has 0 heterocycles. The molecular weight excluding hydrogens is 450 g/mol. The second-order valence-electron chi connectivity index (χ2n) is 6.44. The fraction of sp³-hybridized carbons (Fsp3) is 0.125. The van der Waals surface area contributed by atoms with E-state index < -0.39 is 5.97 Å². The van der Waals surface area contributed by atoms with E-state index in [4.69, 9.17) is 16.4 Å². The van der Waals surface area contributed by atoms with Crippen molar-refractivity contribution in [3.8, 4) is 0 Å². The van der Waals surface area contributed by atoms with E-state index in [1.165, 1.54) is 6.92 Å². The molecule has 3 rings (SSSR count). The highest BCUT2D eigenvalue weighted by molar-refractivity contribution is 7.99. The molecule has 0 unspecified atom stereocenters. The highest BCUT2D eigenvalue weighted by Crippen LogP contribution is 2.27. The molecule has 0 aromatic heterocycles. The van der Waals surface area contributed by atoms with Crippen LogP contribution in [0, 0.1) is 0 Å². The number of ketones is 1. The van der Waals surface area contributed by atoms with Gasteiger partial charge in [0.1, 0.15) is 5.71 Å². The van der Waals surface area contributed by atoms with Gasteiger partial charge < -0.3 is 4.84 Å². The van der Waals surface area contributed by atoms with Crippen molar-refractivity contribution < 1.29 is 14.4 Å². The normalized spacial score (nSPS) is 11.2. The van der Waals surface area contributed by atoms with Gasteiger partial charge in [0.2, 0.25) is 5.78 Å². The number of carbonyl (C=O) groups is 2. The summed E-state index contributed by atoms with van der Waals surface area (Å²) in [5.74, 6) is -0.213. The van der Waals surface area contributed by atoms with Crippen LogP contribution in [-0.2, 0) is 9.63 Å². The van der Waals surface area contributed by atoms with E-state index in [-0.39, 0.29) is 11.5 Å². The van der Waals surface area contributed by atoms with E-state index in [0.29, 0.717) is 22.8 Å². The predicted octanol–water partition coefficient (Wildman–Crippen LogP) is 6.78. The molecule has 3 aromatic rings. The lowest BCUT2D eigenvalue weighted by molar-refractivity contribution is -0.140. The molecule has 0 bridgehead atoms. The van der Waals surface area contributed by atoms with Gasteiger partial charge in [-0.25, -0.2) is 4.79 Å². The molecule has 0 N–H and O–H groups in total. The summed E-state index contributed by atoms with van der Waals surface area (Å²) in [5, 5.41) is 4.48. The van der Waals surface area contributed by atoms with Crippen LogP contribution < -0.4 is 0 Å². The maximum absolute atomic E-state index is 13.0. The first-order valence-corrected chi connectivity index (χ1v) is 11.7. The summed E-state index contributed by atoms with van der Waals surface area (Å²) in [5.41, 5.74) is 0.708. The van der Waals surface area contributed by atoms with E-state index in [9.17, 15) is 9.59 Å². The predicted molar refractivity (Wildman–Crippen MR) is 127 cm³/mol. The Morgan fingerprint density at radius 3 is 2.13 bits per heavy atom. The summed E-state index contributed by atoms with van der Waals surface area (Å²) in [6.45, 7) is 1.25. The SMILES string of the molecule is CC(=O)O/N=C(/CCSc1ccc(Cl)cc1)C(=O)c1ccc(Sc2ccccc2)cc1. The summed E-state index contributed by atoms with van der Waals surface area (Å²) in [4.78, 5) is 32.1. The number of hydrogen-bond acceptors (Lipinski definition) is 6. The maximum atomic E-state index is 13.0. The highest BCUT2D eigenvalue weighted by atomic mass is 35.5. The third-order valence-electron chi connectivity index (χ3n) is 4.06. The standard InChI is InChI=1S/C24H20ClNO3S2/c1-17(27)29-26-23(15-16-30-20-13-9-19(25)10-14-20)24(28)18-7-11-22(12-8-18)31-21-5-3-2-4-6-21/h2-14H,15-16H2,1H3/b26-23-. The number of oxime groups is 1. The first kappa shape index (κ1) is 23.1. The van der Waals surface area contributed by atoms with Crippen LogP contribution in [0.3, 0.4) is 0 Å². The number of hydrogen-bond donors (Lipinski definition) is 0. The van der Waals surface area contributed by atoms with Crippen LogP contribution in [0.25, 0.3) is 0 Å². The molecule has 0 fully saturated rings. The third kappa shape index (κ3) is 7.58. The zero-order chi connectivity index (χ0) is 22.1. The molecule has 0 amide bonds. The molecule has 0 saturated heterocycles. The van der Waals surface area contributed by atoms with E-state index >= 15 is 0 Å². The van der Waals surface area contributed by atoms with Gasteiger partial charge in [-0.05, 0) is 60.7 Å². The zero-order valence-electron chi connectivity index (χ0n) is 16.8. The van der Waals surface area contributed by atoms with Crippen LogP contribution in [-0.4, -0.2) is 23.2 Å². The van der Waals surface area contributed by atoms with Gasteiger partial charge in [-0.15, -0.1) is 11.8 Å². The van der Waals surface area contributed by atoms with Crippen LogP contribution in [0.15, 0.2) is 98.7 Å². The second kappa shape index (κ2) is 11.7. The smallest absolute Gasteiger partial charge is 0.318 e. The van der Waals surface area contributed by atoms with Crippen molar-refractivity contribution in [1.82, 2.24) is 0 Å². The summed E-state index contributed by atoms with van der Waals surface area (Å²) < 4.78 is 0. The molecule has 0 spiro atoms. The lowest BCUT2D eigenvalue weighted by Gasteiger charge is -2.07. The minimum absolute atomic E-state index is 0.208. The van der Waals surface area contributed by atoms with Crippen molar-refractivity contribution in [2.45, 2.75) is 28.0 Å². The van der Waals surface area contributed by atoms with Crippen LogP contribution in [0.2, 0.25) is 5.02 Å². The maximum Gasteiger partial charge on any atom is 0.331 e. The van der Waals surface area contributed by atoms with Crippen molar-refractivity contribution in [3.05, 3.63) is 89.4 Å². The second-order valence-corrected chi connectivity index (χ2v) is 9.19. The van der Waals surface area contributed by atoms with Gasteiger partial charge in [-0.1, -0.05) is 46.7 Å². The van der Waals surface area contributed by atoms with E-state index in [1.807, 2.05) is 66.7 Å². The number of Topliss-reactive ketones (excluding diaryl/α,β-unsaturated/α-hetero) is 1. The van der Waals surface area contributed by atoms with Crippen molar-refractivity contribution in [2.75, 3.05) is 5.75 Å². The molecule has 7 heteroatoms. The molecule has 0 aliphatic heterocycles. The molecular formula is C24H20ClNO3S2. The largest absolute Gasteiger partial charge is 0.331 e. The van der Waals surface area contributed by atoms with E-state index in [2.05, 4.69) is 5.16 Å². The minimum Gasteiger partial charge on any atom is -0.318 e. The Bertz CT molecular complexity index is 1050. The lowest BCUT2D eigenvalue weighted by atomic mass is 10.1. The first-order valence-electron chi connectivity index (χ1n) is 9.52. The number of halogens is 1. The first-order chi connectivity index (χ1) is 15.0. The summed E-state index contributed by atoms with van der Waals surface area (Å²) in [6, 6.07) is 24.8. The Morgan fingerprint density at radius 2 is 1.48 bits per heavy atom. The minimum atomic E-state index is -0.565. The van der Waals surface area contributed by atoms with Crippen molar-refractivity contribution in [1.29, 1.82) is 0 Å². The van der Waals surface area contributed by atoms with Gasteiger partial charge in [0.25, 0.3) is 0 Å². The molecule has 4 nitrogen and oxygen atoms in total. The topological polar surface area (TPSA) is 55.7 Å². The number of benzene rings is 3. The van der Waals surface area contributed by atoms with Gasteiger partial charge >= 0.3 is 5.97 Å². The Labute approximate surface area is 195 Å². The molecule has 158 valence electrons. The fourth-order valence-corrected chi connectivity index (χ4v) is 4.41. The van der Waals surface area contributed by atoms with Crippen LogP contribution in [0.1, 0.15) is 23.7 Å². The van der Waals surface area contributed by atoms with Gasteiger partial charge in [0.15, 0.2) is 0 Å². The molecule has 0 atom stereocenters. The molecule has 0 aliphatic rings. The summed E-state index contributed by atoms with van der Waals surface area (Å²) in [7, 11) is 0. The average molecular weight is 470 g/mol. The zero-order valence-corrected chi connectivity index (χ0v) is 19.2. The lowest BCUT2D eigenvalue weighted by Crippen LogP contribution is -2.16. The number of carbonyl (C=O) groups excluding carboxylic acids is 2. The van der Waals surface area contributed by atoms with E-state index in [0.717, 1.165) is 14.7 Å². The molecule has 31 heavy (non-hydrogen) atoms. The van der Waals surface area contributed by atoms with Crippen LogP contribution >= 0.6 is 35.1 Å². The Balaban J connectivity index is 1.66. The van der Waals surface area contributed by atoms with Gasteiger partial charge in [0, 0.05) is 44.4 Å². The van der Waals surface area contributed by atoms with Crippen molar-refractivity contribution in [2.24, 2.45) is 5.16 Å². The number of thioether (sulfide) groups is 1. The molecule has 0 radical (unpaired) electrons. The molecule has 0 aliphatic carbocycles. The van der Waals surface area contributed by atoms with Crippen LogP contribution in [0.5, 0.6) is 0 Å². The van der Waals surface area contributed by atoms with Gasteiger partial charge in [0.05, 0.1) is 0 Å². The Kier molecular flexibility index (Phi) is 8.76. The monoisotopic (exact) mass is 469 g/mol. The summed E-state index contributed by atoms with van der Waals surface area (Å²) >= 11 is 9.10. The third-order valence-corrected chi connectivity index (χ3v) is 6.34. The molecule has 3 aromatic carbocycles. The Hall–Kier alpha value is -2.54. The highest BCUT2D eigenvalue weighted by Gasteiger charge is 2.16. The van der Waals surface area contributed by atoms with Crippen molar-refractivity contribution in [3.63, 3.8) is 0 Å². The quantitative estimate of drug-likeness (QED) is 0.114. The van der Waals surface area contributed by atoms with Crippen molar-refractivity contribution >= 4 is 52.6 Å². The van der Waals surface area contributed by atoms with Crippen LogP contribution in [0.4, 0.5) is 0 Å². The number of nitrogens with zero attached hydrogens (tertiary/aromatic N) is 1.